The van der Waals surface area contributed by atoms with Gasteiger partial charge in [-0.25, -0.2) is 4.99 Å². The fourth-order valence-electron chi connectivity index (χ4n) is 2.14. The Labute approximate surface area is 133 Å². The van der Waals surface area contributed by atoms with Crippen LogP contribution in [0.2, 0.25) is 0 Å². The average Bonchev–Trinajstić information content (AvgIpc) is 2.54. The number of nitrogens with zero attached hydrogens (tertiary/aromatic N) is 1. The number of carbonyl (C=O) groups excluding carboxylic acids is 1. The Bertz CT molecular complexity index is 723. The van der Waals surface area contributed by atoms with Crippen LogP contribution in [0, 0.1) is 0 Å². The lowest BCUT2D eigenvalue weighted by atomic mass is 10.1. The van der Waals surface area contributed by atoms with Crippen molar-refractivity contribution in [3.63, 3.8) is 0 Å². The summed E-state index contributed by atoms with van der Waals surface area (Å²) in [5.41, 5.74) is 9.15. The van der Waals surface area contributed by atoms with E-state index in [1.807, 2.05) is 36.4 Å². The van der Waals surface area contributed by atoms with E-state index in [1.54, 1.807) is 13.0 Å². The first-order valence-corrected chi connectivity index (χ1v) is 6.26. The van der Waals surface area contributed by atoms with Crippen LogP contribution >= 0.6 is 17.0 Å². The quantitative estimate of drug-likeness (QED) is 0.545. The van der Waals surface area contributed by atoms with Crippen molar-refractivity contribution in [3.05, 3.63) is 48.0 Å². The van der Waals surface area contributed by atoms with Crippen molar-refractivity contribution < 1.29 is 4.79 Å². The van der Waals surface area contributed by atoms with E-state index in [9.17, 15) is 4.79 Å². The Balaban J connectivity index is 0.00000161. The van der Waals surface area contributed by atoms with E-state index >= 15 is 0 Å². The van der Waals surface area contributed by atoms with E-state index in [2.05, 4.69) is 15.6 Å². The fraction of sp³-hybridized carbons (Fsp3) is 0.0667. The molecule has 5 nitrogen and oxygen atoms in total. The topological polar surface area (TPSA) is 79.5 Å². The number of carbonyl (C=O) groups is 1. The summed E-state index contributed by atoms with van der Waals surface area (Å²) in [5, 5.41) is 6.13. The van der Waals surface area contributed by atoms with Crippen molar-refractivity contribution in [1.82, 2.24) is 0 Å². The smallest absolute Gasteiger partial charge is 0.257 e. The van der Waals surface area contributed by atoms with Crippen LogP contribution in [0.4, 0.5) is 22.7 Å². The highest BCUT2D eigenvalue weighted by Gasteiger charge is 2.18. The molecule has 6 heteroatoms. The standard InChI is InChI=1S/C15H14N4O.BrH/c1-9(16)17-10-6-7-12-11(8-10)15(20)19-14-5-3-2-4-13(14)18-12;/h2-8,18H,1H3,(H2,16,17)(H,19,20);1H. The minimum atomic E-state index is -0.163. The van der Waals surface area contributed by atoms with Crippen LogP contribution in [0.5, 0.6) is 0 Å². The first-order valence-electron chi connectivity index (χ1n) is 6.26. The van der Waals surface area contributed by atoms with E-state index in [-0.39, 0.29) is 22.9 Å². The molecule has 0 saturated heterocycles. The maximum atomic E-state index is 12.3. The highest BCUT2D eigenvalue weighted by molar-refractivity contribution is 8.93. The number of amidine groups is 1. The molecule has 0 bridgehead atoms. The first-order chi connectivity index (χ1) is 9.63. The molecular formula is C15H15BrN4O. The molecule has 0 radical (unpaired) electrons. The first kappa shape index (κ1) is 15.1. The van der Waals surface area contributed by atoms with Gasteiger partial charge in [0, 0.05) is 0 Å². The predicted octanol–water partition coefficient (Wildman–Crippen LogP) is 3.58. The van der Waals surface area contributed by atoms with E-state index in [4.69, 9.17) is 5.73 Å². The van der Waals surface area contributed by atoms with Crippen molar-refractivity contribution in [3.8, 4) is 0 Å². The number of nitrogens with one attached hydrogen (secondary N) is 2. The molecular weight excluding hydrogens is 332 g/mol. The van der Waals surface area contributed by atoms with Gasteiger partial charge in [-0.1, -0.05) is 12.1 Å². The highest BCUT2D eigenvalue weighted by atomic mass is 79.9. The molecule has 0 saturated carbocycles. The third-order valence-electron chi connectivity index (χ3n) is 3.00. The van der Waals surface area contributed by atoms with Gasteiger partial charge in [-0.15, -0.1) is 17.0 Å². The van der Waals surface area contributed by atoms with Crippen LogP contribution in [-0.2, 0) is 0 Å². The van der Waals surface area contributed by atoms with Crippen molar-refractivity contribution >= 4 is 51.5 Å². The van der Waals surface area contributed by atoms with Gasteiger partial charge in [-0.3, -0.25) is 4.79 Å². The van der Waals surface area contributed by atoms with Crippen LogP contribution in [0.25, 0.3) is 0 Å². The van der Waals surface area contributed by atoms with Gasteiger partial charge in [-0.05, 0) is 37.3 Å². The molecule has 1 amide bonds. The third kappa shape index (κ3) is 3.05. The third-order valence-corrected chi connectivity index (χ3v) is 3.00. The summed E-state index contributed by atoms with van der Waals surface area (Å²) in [5.74, 6) is 0.291. The number of amides is 1. The van der Waals surface area contributed by atoms with Crippen molar-refractivity contribution in [2.45, 2.75) is 6.92 Å². The molecule has 1 heterocycles. The van der Waals surface area contributed by atoms with E-state index < -0.39 is 0 Å². The number of para-hydroxylation sites is 2. The number of nitrogens with two attached hydrogens (primary N) is 1. The molecule has 108 valence electrons. The maximum Gasteiger partial charge on any atom is 0.257 e. The van der Waals surface area contributed by atoms with Gasteiger partial charge in [0.2, 0.25) is 0 Å². The van der Waals surface area contributed by atoms with Gasteiger partial charge >= 0.3 is 0 Å². The average molecular weight is 347 g/mol. The van der Waals surface area contributed by atoms with Crippen molar-refractivity contribution in [1.29, 1.82) is 0 Å². The summed E-state index contributed by atoms with van der Waals surface area (Å²) in [6.45, 7) is 1.71. The number of aliphatic imine (C=N–C) groups is 1. The number of fused-ring (bicyclic) bond motifs is 2. The lowest BCUT2D eigenvalue weighted by Crippen LogP contribution is -2.10. The molecule has 0 atom stereocenters. The SMILES string of the molecule is Br.CC(N)=Nc1ccc2c(c1)C(=O)Nc1ccccc1N2. The van der Waals surface area contributed by atoms with Gasteiger partial charge < -0.3 is 16.4 Å². The Morgan fingerprint density at radius 2 is 1.71 bits per heavy atom. The summed E-state index contributed by atoms with van der Waals surface area (Å²) in [7, 11) is 0. The zero-order chi connectivity index (χ0) is 14.1. The zero-order valence-electron chi connectivity index (χ0n) is 11.4. The van der Waals surface area contributed by atoms with Gasteiger partial charge in [-0.2, -0.15) is 0 Å². The molecule has 0 aliphatic carbocycles. The van der Waals surface area contributed by atoms with Gasteiger partial charge in [0.05, 0.1) is 34.1 Å². The van der Waals surface area contributed by atoms with Gasteiger partial charge in [0.1, 0.15) is 0 Å². The Morgan fingerprint density at radius 3 is 2.38 bits per heavy atom. The molecule has 2 aromatic carbocycles. The number of anilines is 3. The fourth-order valence-corrected chi connectivity index (χ4v) is 2.14. The molecule has 2 aromatic rings. The predicted molar refractivity (Wildman–Crippen MR) is 91.4 cm³/mol. The Kier molecular flexibility index (Phi) is 4.28. The second kappa shape index (κ2) is 5.97. The monoisotopic (exact) mass is 346 g/mol. The highest BCUT2D eigenvalue weighted by Crippen LogP contribution is 2.33. The molecule has 0 unspecified atom stereocenters. The second-order valence-corrected chi connectivity index (χ2v) is 4.61. The van der Waals surface area contributed by atoms with E-state index in [0.717, 1.165) is 17.1 Å². The van der Waals surface area contributed by atoms with Crippen LogP contribution < -0.4 is 16.4 Å². The molecule has 0 fully saturated rings. The maximum absolute atomic E-state index is 12.3. The van der Waals surface area contributed by atoms with Gasteiger partial charge in [0.25, 0.3) is 5.91 Å². The van der Waals surface area contributed by atoms with E-state index in [0.29, 0.717) is 17.1 Å². The number of hydrogen-bond donors (Lipinski definition) is 3. The van der Waals surface area contributed by atoms with E-state index in [1.165, 1.54) is 0 Å². The normalized spacial score (nSPS) is 13.0. The van der Waals surface area contributed by atoms with Crippen LogP contribution in [0.1, 0.15) is 17.3 Å². The largest absolute Gasteiger partial charge is 0.387 e. The molecule has 21 heavy (non-hydrogen) atoms. The molecule has 3 rings (SSSR count). The minimum absolute atomic E-state index is 0. The summed E-state index contributed by atoms with van der Waals surface area (Å²) in [4.78, 5) is 16.4. The number of hydrogen-bond acceptors (Lipinski definition) is 3. The summed E-state index contributed by atoms with van der Waals surface area (Å²) >= 11 is 0. The second-order valence-electron chi connectivity index (χ2n) is 4.61. The van der Waals surface area contributed by atoms with Crippen LogP contribution in [0.3, 0.4) is 0 Å². The Hall–Kier alpha value is -2.34. The molecule has 1 aliphatic rings. The van der Waals surface area contributed by atoms with Gasteiger partial charge in [0.15, 0.2) is 0 Å². The summed E-state index contributed by atoms with van der Waals surface area (Å²) in [6.07, 6.45) is 0. The number of rotatable bonds is 1. The zero-order valence-corrected chi connectivity index (χ0v) is 13.1. The summed E-state index contributed by atoms with van der Waals surface area (Å²) < 4.78 is 0. The van der Waals surface area contributed by atoms with Crippen molar-refractivity contribution in [2.24, 2.45) is 10.7 Å². The summed E-state index contributed by atoms with van der Waals surface area (Å²) in [6, 6.07) is 12.9. The lowest BCUT2D eigenvalue weighted by molar-refractivity contribution is 0.102. The molecule has 0 spiro atoms. The number of benzene rings is 2. The molecule has 0 aromatic heterocycles. The minimum Gasteiger partial charge on any atom is -0.387 e. The van der Waals surface area contributed by atoms with Crippen LogP contribution in [-0.4, -0.2) is 11.7 Å². The molecule has 1 aliphatic heterocycles. The van der Waals surface area contributed by atoms with Crippen LogP contribution in [0.15, 0.2) is 47.5 Å². The lowest BCUT2D eigenvalue weighted by Gasteiger charge is -2.08. The molecule has 4 N–H and O–H groups in total. The Morgan fingerprint density at radius 1 is 1.05 bits per heavy atom. The van der Waals surface area contributed by atoms with Crippen molar-refractivity contribution in [2.75, 3.05) is 10.6 Å². The number of halogens is 1.